The number of pyridine rings is 1. The Kier molecular flexibility index (Phi) is 4.53. The van der Waals surface area contributed by atoms with Gasteiger partial charge in [0.1, 0.15) is 5.54 Å². The number of nitrogens with one attached hydrogen (secondary N) is 1. The molecule has 0 radical (unpaired) electrons. The minimum absolute atomic E-state index is 0.274. The molecule has 1 amide bonds. The van der Waals surface area contributed by atoms with Gasteiger partial charge in [0.2, 0.25) is 5.91 Å². The lowest BCUT2D eigenvalue weighted by atomic mass is 9.69. The van der Waals surface area contributed by atoms with Gasteiger partial charge in [-0.25, -0.2) is 0 Å². The summed E-state index contributed by atoms with van der Waals surface area (Å²) in [6.45, 7) is 4.77. The number of ether oxygens (including phenoxy) is 2. The summed E-state index contributed by atoms with van der Waals surface area (Å²) in [6, 6.07) is 1.66. The third-order valence-electron chi connectivity index (χ3n) is 4.81. The molecule has 1 aromatic rings. The predicted octanol–water partition coefficient (Wildman–Crippen LogP) is 2.08. The number of carbonyl (C=O) groups excluding carboxylic acids is 2. The van der Waals surface area contributed by atoms with E-state index in [1.165, 1.54) is 6.20 Å². The van der Waals surface area contributed by atoms with Crippen molar-refractivity contribution in [2.75, 3.05) is 19.8 Å². The smallest absolute Gasteiger partial charge is 0.326 e. The Hall–Kier alpha value is -1.66. The normalized spacial score (nSPS) is 24.0. The van der Waals surface area contributed by atoms with Crippen LogP contribution in [0, 0.1) is 0 Å². The highest BCUT2D eigenvalue weighted by Gasteiger charge is 2.60. The van der Waals surface area contributed by atoms with Crippen molar-refractivity contribution < 1.29 is 19.1 Å². The summed E-state index contributed by atoms with van der Waals surface area (Å²) in [6.07, 6.45) is 3.46. The average molecular weight is 353 g/mol. The van der Waals surface area contributed by atoms with Crippen LogP contribution in [0.5, 0.6) is 0 Å². The molecule has 6 nitrogen and oxygen atoms in total. The molecule has 2 aliphatic rings. The molecular weight excluding hydrogens is 332 g/mol. The molecule has 3 rings (SSSR count). The average Bonchev–Trinajstić information content (AvgIpc) is 2.53. The van der Waals surface area contributed by atoms with Crippen LogP contribution in [-0.4, -0.2) is 36.7 Å². The molecule has 0 bridgehead atoms. The van der Waals surface area contributed by atoms with Gasteiger partial charge in [0.15, 0.2) is 5.41 Å². The van der Waals surface area contributed by atoms with Gasteiger partial charge >= 0.3 is 5.97 Å². The van der Waals surface area contributed by atoms with Gasteiger partial charge in [-0.15, -0.1) is 0 Å². The zero-order chi connectivity index (χ0) is 17.4. The van der Waals surface area contributed by atoms with Crippen molar-refractivity contribution in [1.82, 2.24) is 10.3 Å². The molecule has 1 N–H and O–H groups in total. The van der Waals surface area contributed by atoms with Gasteiger partial charge in [-0.05, 0) is 18.9 Å². The Balaban J connectivity index is 2.08. The van der Waals surface area contributed by atoms with Gasteiger partial charge in [-0.2, -0.15) is 0 Å². The summed E-state index contributed by atoms with van der Waals surface area (Å²) in [4.78, 5) is 30.2. The minimum Gasteiger partial charge on any atom is -0.465 e. The number of nitrogens with zero attached hydrogens (tertiary/aromatic N) is 1. The first-order valence-electron chi connectivity index (χ1n) is 8.24. The fraction of sp³-hybridized carbons (Fsp3) is 0.588. The molecule has 0 aromatic carbocycles. The summed E-state index contributed by atoms with van der Waals surface area (Å²) < 4.78 is 10.7. The first kappa shape index (κ1) is 17.2. The van der Waals surface area contributed by atoms with E-state index in [1.807, 2.05) is 6.92 Å². The molecule has 7 heteroatoms. The van der Waals surface area contributed by atoms with Crippen molar-refractivity contribution >= 4 is 23.5 Å². The molecule has 1 fully saturated rings. The zero-order valence-electron chi connectivity index (χ0n) is 13.9. The highest BCUT2D eigenvalue weighted by molar-refractivity contribution is 6.30. The highest BCUT2D eigenvalue weighted by Crippen LogP contribution is 2.44. The van der Waals surface area contributed by atoms with E-state index in [0.29, 0.717) is 36.1 Å². The van der Waals surface area contributed by atoms with Gasteiger partial charge in [0.05, 0.1) is 30.5 Å². The van der Waals surface area contributed by atoms with Crippen LogP contribution < -0.4 is 5.32 Å². The van der Waals surface area contributed by atoms with Crippen molar-refractivity contribution in [3.63, 3.8) is 0 Å². The highest BCUT2D eigenvalue weighted by atomic mass is 35.5. The van der Waals surface area contributed by atoms with Crippen molar-refractivity contribution in [3.8, 4) is 0 Å². The van der Waals surface area contributed by atoms with E-state index in [-0.39, 0.29) is 12.3 Å². The topological polar surface area (TPSA) is 77.5 Å². The van der Waals surface area contributed by atoms with Crippen LogP contribution in [0.1, 0.15) is 44.4 Å². The zero-order valence-corrected chi connectivity index (χ0v) is 14.6. The second-order valence-electron chi connectivity index (χ2n) is 6.33. The van der Waals surface area contributed by atoms with E-state index >= 15 is 0 Å². The number of rotatable bonds is 5. The number of esters is 1. The Bertz CT molecular complexity index is 675. The van der Waals surface area contributed by atoms with Crippen molar-refractivity contribution in [1.29, 1.82) is 0 Å². The molecule has 24 heavy (non-hydrogen) atoms. The van der Waals surface area contributed by atoms with Gasteiger partial charge in [0, 0.05) is 11.8 Å². The maximum atomic E-state index is 13.0. The molecule has 0 aliphatic carbocycles. The second kappa shape index (κ2) is 6.33. The molecule has 1 atom stereocenters. The molecule has 2 aliphatic heterocycles. The van der Waals surface area contributed by atoms with Gasteiger partial charge in [-0.1, -0.05) is 31.9 Å². The van der Waals surface area contributed by atoms with Crippen LogP contribution >= 0.6 is 11.6 Å². The van der Waals surface area contributed by atoms with Crippen LogP contribution in [0.25, 0.3) is 0 Å². The number of amides is 1. The number of carbonyl (C=O) groups is 2. The standard InChI is InChI=1S/C17H21ClN2O4/c1-3-5-6-24-15(22)17(4-2)12-7-11(18)8-19-13(12)16(9-23-10-16)20-14(17)21/h7-8H,3-6,9-10H2,1-2H3,(H,20,21). The molecule has 1 spiro atoms. The Morgan fingerprint density at radius 1 is 1.46 bits per heavy atom. The first-order valence-corrected chi connectivity index (χ1v) is 8.62. The van der Waals surface area contributed by atoms with Crippen LogP contribution in [0.2, 0.25) is 5.02 Å². The first-order chi connectivity index (χ1) is 11.5. The van der Waals surface area contributed by atoms with Gasteiger partial charge in [-0.3, -0.25) is 14.6 Å². The fourth-order valence-electron chi connectivity index (χ4n) is 3.30. The number of aromatic nitrogens is 1. The number of hydrogen-bond acceptors (Lipinski definition) is 5. The van der Waals surface area contributed by atoms with E-state index in [9.17, 15) is 9.59 Å². The number of unbranched alkanes of at least 4 members (excludes halogenated alkanes) is 1. The summed E-state index contributed by atoms with van der Waals surface area (Å²) in [5, 5.41) is 3.33. The molecule has 1 aromatic heterocycles. The molecule has 3 heterocycles. The lowest BCUT2D eigenvalue weighted by molar-refractivity contribution is -0.162. The van der Waals surface area contributed by atoms with E-state index in [4.69, 9.17) is 21.1 Å². The summed E-state index contributed by atoms with van der Waals surface area (Å²) in [5.74, 6) is -0.914. The van der Waals surface area contributed by atoms with Gasteiger partial charge < -0.3 is 14.8 Å². The largest absolute Gasteiger partial charge is 0.465 e. The van der Waals surface area contributed by atoms with E-state index in [0.717, 1.165) is 12.8 Å². The number of hydrogen-bond donors (Lipinski definition) is 1. The third kappa shape index (κ3) is 2.40. The quantitative estimate of drug-likeness (QED) is 0.498. The van der Waals surface area contributed by atoms with Crippen LogP contribution in [0.15, 0.2) is 12.3 Å². The SMILES string of the molecule is CCCCOC(=O)C1(CC)C(=O)NC2(COC2)c2ncc(Cl)cc21. The van der Waals surface area contributed by atoms with E-state index < -0.39 is 16.9 Å². The number of halogens is 1. The molecule has 1 unspecified atom stereocenters. The van der Waals surface area contributed by atoms with E-state index in [2.05, 4.69) is 10.3 Å². The Labute approximate surface area is 145 Å². The maximum Gasteiger partial charge on any atom is 0.326 e. The summed E-state index contributed by atoms with van der Waals surface area (Å²) >= 11 is 6.12. The van der Waals surface area contributed by atoms with Crippen LogP contribution in [-0.2, 0) is 30.0 Å². The third-order valence-corrected chi connectivity index (χ3v) is 5.02. The maximum absolute atomic E-state index is 13.0. The fourth-order valence-corrected chi connectivity index (χ4v) is 3.45. The van der Waals surface area contributed by atoms with Crippen molar-refractivity contribution in [2.45, 2.75) is 44.1 Å². The lowest BCUT2D eigenvalue weighted by Gasteiger charge is -2.49. The Morgan fingerprint density at radius 3 is 2.79 bits per heavy atom. The van der Waals surface area contributed by atoms with Gasteiger partial charge in [0.25, 0.3) is 0 Å². The molecule has 0 saturated carbocycles. The second-order valence-corrected chi connectivity index (χ2v) is 6.76. The van der Waals surface area contributed by atoms with E-state index in [1.54, 1.807) is 13.0 Å². The van der Waals surface area contributed by atoms with Crippen LogP contribution in [0.4, 0.5) is 0 Å². The summed E-state index contributed by atoms with van der Waals surface area (Å²) in [7, 11) is 0. The van der Waals surface area contributed by atoms with Crippen molar-refractivity contribution in [3.05, 3.63) is 28.5 Å². The molecule has 130 valence electrons. The lowest BCUT2D eigenvalue weighted by Crippen LogP contribution is -2.69. The molecular formula is C17H21ClN2O4. The van der Waals surface area contributed by atoms with Crippen LogP contribution in [0.3, 0.4) is 0 Å². The molecule has 1 saturated heterocycles. The monoisotopic (exact) mass is 352 g/mol. The Morgan fingerprint density at radius 2 is 2.21 bits per heavy atom. The number of fused-ring (bicyclic) bond motifs is 2. The minimum atomic E-state index is -1.41. The summed E-state index contributed by atoms with van der Waals surface area (Å²) in [5.41, 5.74) is -0.903. The van der Waals surface area contributed by atoms with Crippen molar-refractivity contribution in [2.24, 2.45) is 0 Å². The predicted molar refractivity (Wildman–Crippen MR) is 87.7 cm³/mol.